The molecular weight excluding hydrogens is 298 g/mol. The SMILES string of the molecule is Cc1nc2ccc(NC(=O)N(CCCCO)C3CC3)cc2s1. The molecule has 1 aromatic carbocycles. The molecule has 118 valence electrons. The highest BCUT2D eigenvalue weighted by atomic mass is 32.1. The molecule has 1 heterocycles. The largest absolute Gasteiger partial charge is 0.396 e. The molecule has 1 fully saturated rings. The predicted octanol–water partition coefficient (Wildman–Crippen LogP) is 3.37. The first-order valence-corrected chi connectivity index (χ1v) is 8.54. The topological polar surface area (TPSA) is 65.5 Å². The molecule has 0 bridgehead atoms. The average molecular weight is 319 g/mol. The van der Waals surface area contributed by atoms with Gasteiger partial charge in [0.2, 0.25) is 0 Å². The first-order valence-electron chi connectivity index (χ1n) is 7.73. The molecule has 0 aliphatic heterocycles. The Bertz CT molecular complexity index is 666. The molecular formula is C16H21N3O2S. The molecule has 1 aromatic heterocycles. The molecule has 6 heteroatoms. The number of urea groups is 1. The van der Waals surface area contributed by atoms with Gasteiger partial charge in [-0.15, -0.1) is 11.3 Å². The number of hydrogen-bond donors (Lipinski definition) is 2. The fourth-order valence-electron chi connectivity index (χ4n) is 2.54. The summed E-state index contributed by atoms with van der Waals surface area (Å²) in [5.41, 5.74) is 1.79. The Morgan fingerprint density at radius 3 is 3.00 bits per heavy atom. The van der Waals surface area contributed by atoms with E-state index in [0.717, 1.165) is 46.6 Å². The lowest BCUT2D eigenvalue weighted by Gasteiger charge is -2.22. The number of carbonyl (C=O) groups is 1. The highest BCUT2D eigenvalue weighted by Gasteiger charge is 2.32. The number of fused-ring (bicyclic) bond motifs is 1. The molecule has 3 rings (SSSR count). The monoisotopic (exact) mass is 319 g/mol. The van der Waals surface area contributed by atoms with E-state index in [0.29, 0.717) is 12.6 Å². The van der Waals surface area contributed by atoms with Crippen molar-refractivity contribution < 1.29 is 9.90 Å². The number of benzene rings is 1. The van der Waals surface area contributed by atoms with Crippen molar-refractivity contribution in [3.63, 3.8) is 0 Å². The van der Waals surface area contributed by atoms with Crippen LogP contribution < -0.4 is 5.32 Å². The van der Waals surface area contributed by atoms with Crippen LogP contribution in [0.4, 0.5) is 10.5 Å². The van der Waals surface area contributed by atoms with E-state index in [9.17, 15) is 4.79 Å². The minimum atomic E-state index is -0.0407. The number of amides is 2. The molecule has 1 saturated carbocycles. The van der Waals surface area contributed by atoms with E-state index < -0.39 is 0 Å². The number of hydrogen-bond acceptors (Lipinski definition) is 4. The Hall–Kier alpha value is -1.66. The van der Waals surface area contributed by atoms with Crippen molar-refractivity contribution in [3.05, 3.63) is 23.2 Å². The van der Waals surface area contributed by atoms with Gasteiger partial charge < -0.3 is 15.3 Å². The van der Waals surface area contributed by atoms with E-state index in [1.165, 1.54) is 0 Å². The van der Waals surface area contributed by atoms with Gasteiger partial charge in [0.25, 0.3) is 0 Å². The molecule has 5 nitrogen and oxygen atoms in total. The number of aliphatic hydroxyl groups excluding tert-OH is 1. The maximum Gasteiger partial charge on any atom is 0.322 e. The Balaban J connectivity index is 1.67. The van der Waals surface area contributed by atoms with Gasteiger partial charge in [0.1, 0.15) is 0 Å². The third kappa shape index (κ3) is 3.56. The van der Waals surface area contributed by atoms with E-state index in [2.05, 4.69) is 10.3 Å². The van der Waals surface area contributed by atoms with Crippen molar-refractivity contribution in [3.8, 4) is 0 Å². The molecule has 2 N–H and O–H groups in total. The fraction of sp³-hybridized carbons (Fsp3) is 0.500. The second-order valence-corrected chi connectivity index (χ2v) is 6.94. The van der Waals surface area contributed by atoms with Gasteiger partial charge in [-0.05, 0) is 50.8 Å². The number of aliphatic hydroxyl groups is 1. The molecule has 0 unspecified atom stereocenters. The van der Waals surface area contributed by atoms with Gasteiger partial charge in [0, 0.05) is 24.9 Å². The Kier molecular flexibility index (Phi) is 4.59. The minimum absolute atomic E-state index is 0.0407. The maximum absolute atomic E-state index is 12.5. The van der Waals surface area contributed by atoms with Crippen LogP contribution in [-0.4, -0.2) is 40.2 Å². The standard InChI is InChI=1S/C16H21N3O2S/c1-11-17-14-7-4-12(10-15(14)22-11)18-16(21)19(13-5-6-13)8-2-3-9-20/h4,7,10,13,20H,2-3,5-6,8-9H2,1H3,(H,18,21). The highest BCUT2D eigenvalue weighted by Crippen LogP contribution is 2.29. The van der Waals surface area contributed by atoms with E-state index >= 15 is 0 Å². The lowest BCUT2D eigenvalue weighted by molar-refractivity contribution is 0.204. The van der Waals surface area contributed by atoms with Crippen LogP contribution in [0.2, 0.25) is 0 Å². The summed E-state index contributed by atoms with van der Waals surface area (Å²) in [5.74, 6) is 0. The van der Waals surface area contributed by atoms with Crippen molar-refractivity contribution in [2.75, 3.05) is 18.5 Å². The number of nitrogens with one attached hydrogen (secondary N) is 1. The van der Waals surface area contributed by atoms with Crippen molar-refractivity contribution in [2.24, 2.45) is 0 Å². The summed E-state index contributed by atoms with van der Waals surface area (Å²) in [5, 5.41) is 12.9. The molecule has 0 radical (unpaired) electrons. The van der Waals surface area contributed by atoms with Crippen molar-refractivity contribution in [1.82, 2.24) is 9.88 Å². The number of unbranched alkanes of at least 4 members (excludes halogenated alkanes) is 1. The van der Waals surface area contributed by atoms with E-state index in [-0.39, 0.29) is 12.6 Å². The lowest BCUT2D eigenvalue weighted by atomic mass is 10.3. The number of anilines is 1. The van der Waals surface area contributed by atoms with E-state index in [1.54, 1.807) is 11.3 Å². The molecule has 2 aromatic rings. The number of carbonyl (C=O) groups excluding carboxylic acids is 1. The molecule has 1 aliphatic rings. The number of aryl methyl sites for hydroxylation is 1. The van der Waals surface area contributed by atoms with Gasteiger partial charge in [-0.1, -0.05) is 0 Å². The number of thiazole rings is 1. The second kappa shape index (κ2) is 6.62. The van der Waals surface area contributed by atoms with Gasteiger partial charge in [-0.2, -0.15) is 0 Å². The summed E-state index contributed by atoms with van der Waals surface area (Å²) in [7, 11) is 0. The Morgan fingerprint density at radius 1 is 1.45 bits per heavy atom. The number of rotatable bonds is 6. The van der Waals surface area contributed by atoms with E-state index in [4.69, 9.17) is 5.11 Å². The van der Waals surface area contributed by atoms with Gasteiger partial charge in [0.05, 0.1) is 15.2 Å². The molecule has 0 spiro atoms. The minimum Gasteiger partial charge on any atom is -0.396 e. The summed E-state index contributed by atoms with van der Waals surface area (Å²) >= 11 is 1.63. The lowest BCUT2D eigenvalue weighted by Crippen LogP contribution is -2.37. The van der Waals surface area contributed by atoms with Gasteiger partial charge in [-0.25, -0.2) is 9.78 Å². The van der Waals surface area contributed by atoms with Crippen LogP contribution in [0.25, 0.3) is 10.2 Å². The number of nitrogens with zero attached hydrogens (tertiary/aromatic N) is 2. The third-order valence-corrected chi connectivity index (χ3v) is 4.74. The zero-order chi connectivity index (χ0) is 15.5. The fourth-order valence-corrected chi connectivity index (χ4v) is 3.41. The highest BCUT2D eigenvalue weighted by molar-refractivity contribution is 7.18. The van der Waals surface area contributed by atoms with E-state index in [1.807, 2.05) is 30.0 Å². The number of aromatic nitrogens is 1. The quantitative estimate of drug-likeness (QED) is 0.802. The molecule has 0 atom stereocenters. The molecule has 0 saturated heterocycles. The van der Waals surface area contributed by atoms with Crippen molar-refractivity contribution >= 4 is 33.3 Å². The molecule has 2 amide bonds. The summed E-state index contributed by atoms with van der Waals surface area (Å²) in [6, 6.07) is 6.16. The van der Waals surface area contributed by atoms with Crippen LogP contribution in [-0.2, 0) is 0 Å². The van der Waals surface area contributed by atoms with Crippen molar-refractivity contribution in [1.29, 1.82) is 0 Å². The van der Waals surface area contributed by atoms with Gasteiger partial charge in [-0.3, -0.25) is 0 Å². The first-order chi connectivity index (χ1) is 10.7. The molecule has 22 heavy (non-hydrogen) atoms. The zero-order valence-corrected chi connectivity index (χ0v) is 13.5. The Labute approximate surface area is 134 Å². The van der Waals surface area contributed by atoms with Crippen LogP contribution in [0.5, 0.6) is 0 Å². The van der Waals surface area contributed by atoms with Crippen LogP contribution >= 0.6 is 11.3 Å². The summed E-state index contributed by atoms with van der Waals surface area (Å²) in [4.78, 5) is 18.8. The third-order valence-electron chi connectivity index (χ3n) is 3.80. The second-order valence-electron chi connectivity index (χ2n) is 5.70. The molecule has 1 aliphatic carbocycles. The van der Waals surface area contributed by atoms with Gasteiger partial charge in [0.15, 0.2) is 0 Å². The predicted molar refractivity (Wildman–Crippen MR) is 89.4 cm³/mol. The normalized spacial score (nSPS) is 14.3. The zero-order valence-electron chi connectivity index (χ0n) is 12.7. The van der Waals surface area contributed by atoms with Crippen LogP contribution in [0, 0.1) is 6.92 Å². The Morgan fingerprint density at radius 2 is 2.27 bits per heavy atom. The smallest absolute Gasteiger partial charge is 0.322 e. The first kappa shape index (κ1) is 15.2. The average Bonchev–Trinajstić information content (AvgIpc) is 3.24. The van der Waals surface area contributed by atoms with Gasteiger partial charge >= 0.3 is 6.03 Å². The summed E-state index contributed by atoms with van der Waals surface area (Å²) in [6.45, 7) is 2.87. The summed E-state index contributed by atoms with van der Waals surface area (Å²) < 4.78 is 1.09. The van der Waals surface area contributed by atoms with Crippen LogP contribution in [0.15, 0.2) is 18.2 Å². The van der Waals surface area contributed by atoms with Crippen molar-refractivity contribution in [2.45, 2.75) is 38.6 Å². The van der Waals surface area contributed by atoms with Crippen LogP contribution in [0.1, 0.15) is 30.7 Å². The summed E-state index contributed by atoms with van der Waals surface area (Å²) in [6.07, 6.45) is 3.75. The maximum atomic E-state index is 12.5. The van der Waals surface area contributed by atoms with Crippen LogP contribution in [0.3, 0.4) is 0 Å².